The Morgan fingerprint density at radius 2 is 1.62 bits per heavy atom. The first-order valence-corrected chi connectivity index (χ1v) is 12.5. The molecule has 0 heterocycles. The highest BCUT2D eigenvalue weighted by molar-refractivity contribution is 8.00. The summed E-state index contributed by atoms with van der Waals surface area (Å²) >= 11 is 1.48. The van der Waals surface area contributed by atoms with Gasteiger partial charge < -0.3 is 15.0 Å². The number of methoxy groups -OCH3 is 1. The molecular formula is C28H32N2O3S. The number of thioether (sulfide) groups is 1. The van der Waals surface area contributed by atoms with Gasteiger partial charge in [-0.05, 0) is 41.8 Å². The Hall–Kier alpha value is -3.25. The minimum Gasteiger partial charge on any atom is -0.497 e. The largest absolute Gasteiger partial charge is 0.497 e. The molecule has 0 saturated carbocycles. The van der Waals surface area contributed by atoms with E-state index in [1.165, 1.54) is 11.8 Å². The molecule has 5 nitrogen and oxygen atoms in total. The molecule has 0 bridgehead atoms. The predicted octanol–water partition coefficient (Wildman–Crippen LogP) is 4.95. The second-order valence-electron chi connectivity index (χ2n) is 7.97. The van der Waals surface area contributed by atoms with Gasteiger partial charge in [-0.2, -0.15) is 0 Å². The first-order chi connectivity index (χ1) is 16.6. The molecule has 34 heavy (non-hydrogen) atoms. The van der Waals surface area contributed by atoms with Crippen molar-refractivity contribution in [2.75, 3.05) is 19.4 Å². The zero-order valence-corrected chi connectivity index (χ0v) is 20.6. The molecule has 3 rings (SSSR count). The van der Waals surface area contributed by atoms with Crippen LogP contribution in [0.3, 0.4) is 0 Å². The Labute approximate surface area is 206 Å². The van der Waals surface area contributed by atoms with Crippen LogP contribution < -0.4 is 10.1 Å². The maximum absolute atomic E-state index is 13.6. The summed E-state index contributed by atoms with van der Waals surface area (Å²) < 4.78 is 5.37. The SMILES string of the molecule is CCCNC(=O)[C@@H](Cc1ccccc1)N(Cc1cccc(OC)c1)C(=O)CSc1ccccc1. The van der Waals surface area contributed by atoms with Crippen molar-refractivity contribution in [3.63, 3.8) is 0 Å². The number of carbonyl (C=O) groups excluding carboxylic acids is 2. The monoisotopic (exact) mass is 476 g/mol. The second kappa shape index (κ2) is 13.5. The summed E-state index contributed by atoms with van der Waals surface area (Å²) in [5.41, 5.74) is 1.93. The summed E-state index contributed by atoms with van der Waals surface area (Å²) in [7, 11) is 1.62. The van der Waals surface area contributed by atoms with Crippen molar-refractivity contribution in [3.8, 4) is 5.75 Å². The highest BCUT2D eigenvalue weighted by atomic mass is 32.2. The molecule has 3 aromatic rings. The standard InChI is InChI=1S/C28H32N2O3S/c1-3-17-29-28(32)26(19-22-11-6-4-7-12-22)30(20-23-13-10-14-24(18-23)33-2)27(31)21-34-25-15-8-5-9-16-25/h4-16,18,26H,3,17,19-21H2,1-2H3,(H,29,32)/t26-/m1/s1. The van der Waals surface area contributed by atoms with E-state index in [2.05, 4.69) is 5.32 Å². The summed E-state index contributed by atoms with van der Waals surface area (Å²) in [5.74, 6) is 0.759. The highest BCUT2D eigenvalue weighted by Crippen LogP contribution is 2.22. The lowest BCUT2D eigenvalue weighted by molar-refractivity contribution is -0.139. The maximum atomic E-state index is 13.6. The molecule has 0 fully saturated rings. The predicted molar refractivity (Wildman–Crippen MR) is 138 cm³/mol. The molecule has 1 atom stereocenters. The summed E-state index contributed by atoms with van der Waals surface area (Å²) in [6.45, 7) is 2.91. The Morgan fingerprint density at radius 1 is 0.941 bits per heavy atom. The van der Waals surface area contributed by atoms with Gasteiger partial charge >= 0.3 is 0 Å². The van der Waals surface area contributed by atoms with Gasteiger partial charge in [-0.15, -0.1) is 11.8 Å². The van der Waals surface area contributed by atoms with Gasteiger partial charge in [0.05, 0.1) is 12.9 Å². The molecule has 6 heteroatoms. The van der Waals surface area contributed by atoms with E-state index in [-0.39, 0.29) is 17.6 Å². The van der Waals surface area contributed by atoms with Crippen molar-refractivity contribution < 1.29 is 14.3 Å². The minimum absolute atomic E-state index is 0.0794. The van der Waals surface area contributed by atoms with Crippen molar-refractivity contribution in [3.05, 3.63) is 96.1 Å². The third kappa shape index (κ3) is 7.66. The van der Waals surface area contributed by atoms with Crippen LogP contribution in [0, 0.1) is 0 Å². The number of hydrogen-bond donors (Lipinski definition) is 1. The molecule has 0 aliphatic rings. The molecule has 0 spiro atoms. The third-order valence-electron chi connectivity index (χ3n) is 5.41. The van der Waals surface area contributed by atoms with Crippen LogP contribution in [0.25, 0.3) is 0 Å². The number of amides is 2. The van der Waals surface area contributed by atoms with E-state index in [4.69, 9.17) is 4.74 Å². The number of benzene rings is 3. The Bertz CT molecular complexity index is 1040. The lowest BCUT2D eigenvalue weighted by Gasteiger charge is -2.31. The van der Waals surface area contributed by atoms with Gasteiger partial charge in [0.2, 0.25) is 11.8 Å². The topological polar surface area (TPSA) is 58.6 Å². The first-order valence-electron chi connectivity index (χ1n) is 11.5. The Kier molecular flexibility index (Phi) is 10.0. The van der Waals surface area contributed by atoms with Gasteiger partial charge in [0.1, 0.15) is 11.8 Å². The zero-order valence-electron chi connectivity index (χ0n) is 19.8. The fourth-order valence-corrected chi connectivity index (χ4v) is 4.44. The number of hydrogen-bond acceptors (Lipinski definition) is 4. The van der Waals surface area contributed by atoms with Crippen LogP contribution in [0.2, 0.25) is 0 Å². The lowest BCUT2D eigenvalue weighted by atomic mass is 10.0. The van der Waals surface area contributed by atoms with E-state index < -0.39 is 6.04 Å². The van der Waals surface area contributed by atoms with Crippen LogP contribution in [0.15, 0.2) is 89.8 Å². The van der Waals surface area contributed by atoms with Gasteiger partial charge in [0.25, 0.3) is 0 Å². The van der Waals surface area contributed by atoms with Crippen molar-refractivity contribution >= 4 is 23.6 Å². The van der Waals surface area contributed by atoms with Crippen LogP contribution in [0.5, 0.6) is 5.75 Å². The number of ether oxygens (including phenoxy) is 1. The molecule has 2 amide bonds. The average Bonchev–Trinajstić information content (AvgIpc) is 2.89. The van der Waals surface area contributed by atoms with Crippen molar-refractivity contribution in [1.82, 2.24) is 10.2 Å². The second-order valence-corrected chi connectivity index (χ2v) is 9.02. The summed E-state index contributed by atoms with van der Waals surface area (Å²) in [6, 6.07) is 26.7. The van der Waals surface area contributed by atoms with Crippen molar-refractivity contribution in [2.45, 2.75) is 37.2 Å². The fourth-order valence-electron chi connectivity index (χ4n) is 3.63. The molecular weight excluding hydrogens is 444 g/mol. The number of nitrogens with zero attached hydrogens (tertiary/aromatic N) is 1. The zero-order chi connectivity index (χ0) is 24.2. The first kappa shape index (κ1) is 25.4. The fraction of sp³-hybridized carbons (Fsp3) is 0.286. The molecule has 0 radical (unpaired) electrons. The van der Waals surface area contributed by atoms with Gasteiger partial charge in [0, 0.05) is 24.4 Å². The summed E-state index contributed by atoms with van der Waals surface area (Å²) in [4.78, 5) is 29.6. The molecule has 0 aromatic heterocycles. The quantitative estimate of drug-likeness (QED) is 0.376. The summed E-state index contributed by atoms with van der Waals surface area (Å²) in [6.07, 6.45) is 1.28. The molecule has 3 aromatic carbocycles. The molecule has 1 N–H and O–H groups in total. The van der Waals surface area contributed by atoms with Gasteiger partial charge in [-0.25, -0.2) is 0 Å². The summed E-state index contributed by atoms with van der Waals surface area (Å²) in [5, 5.41) is 3.01. The van der Waals surface area contributed by atoms with Crippen LogP contribution in [-0.4, -0.2) is 42.2 Å². The Balaban J connectivity index is 1.90. The van der Waals surface area contributed by atoms with Gasteiger partial charge in [0.15, 0.2) is 0 Å². The van der Waals surface area contributed by atoms with Crippen molar-refractivity contribution in [2.24, 2.45) is 0 Å². The number of carbonyl (C=O) groups is 2. The lowest BCUT2D eigenvalue weighted by Crippen LogP contribution is -2.51. The average molecular weight is 477 g/mol. The molecule has 178 valence electrons. The minimum atomic E-state index is -0.621. The van der Waals surface area contributed by atoms with E-state index in [0.29, 0.717) is 19.5 Å². The normalized spacial score (nSPS) is 11.5. The van der Waals surface area contributed by atoms with Crippen LogP contribution in [0.1, 0.15) is 24.5 Å². The van der Waals surface area contributed by atoms with E-state index in [1.807, 2.05) is 91.9 Å². The van der Waals surface area contributed by atoms with Gasteiger partial charge in [-0.3, -0.25) is 9.59 Å². The number of nitrogens with one attached hydrogen (secondary N) is 1. The van der Waals surface area contributed by atoms with Crippen LogP contribution >= 0.6 is 11.8 Å². The van der Waals surface area contributed by atoms with Crippen LogP contribution in [0.4, 0.5) is 0 Å². The number of rotatable bonds is 12. The van der Waals surface area contributed by atoms with Crippen LogP contribution in [-0.2, 0) is 22.6 Å². The molecule has 0 aliphatic heterocycles. The highest BCUT2D eigenvalue weighted by Gasteiger charge is 2.30. The maximum Gasteiger partial charge on any atom is 0.243 e. The molecule has 0 unspecified atom stereocenters. The molecule has 0 saturated heterocycles. The molecule has 0 aliphatic carbocycles. The van der Waals surface area contributed by atoms with E-state index in [1.54, 1.807) is 12.0 Å². The van der Waals surface area contributed by atoms with E-state index in [0.717, 1.165) is 28.2 Å². The van der Waals surface area contributed by atoms with Gasteiger partial charge in [-0.1, -0.05) is 67.6 Å². The van der Waals surface area contributed by atoms with E-state index >= 15 is 0 Å². The third-order valence-corrected chi connectivity index (χ3v) is 6.41. The Morgan fingerprint density at radius 3 is 2.29 bits per heavy atom. The smallest absolute Gasteiger partial charge is 0.243 e. The van der Waals surface area contributed by atoms with E-state index in [9.17, 15) is 9.59 Å². The van der Waals surface area contributed by atoms with Crippen molar-refractivity contribution in [1.29, 1.82) is 0 Å².